The molecule has 1 heterocycles. The summed E-state index contributed by atoms with van der Waals surface area (Å²) in [5.74, 6) is 0. The fraction of sp³-hybridized carbons (Fsp3) is 0.100. The number of para-hydroxylation sites is 1. The smallest absolute Gasteiger partial charge is 0.234 e. The Hall–Kier alpha value is -1.82. The molecule has 0 amide bonds. The van der Waals surface area contributed by atoms with Gasteiger partial charge in [0.1, 0.15) is 10.0 Å². The number of fused-ring (bicyclic) bond motifs is 1. The van der Waals surface area contributed by atoms with Gasteiger partial charge in [-0.3, -0.25) is 0 Å². The van der Waals surface area contributed by atoms with Crippen molar-refractivity contribution in [3.05, 3.63) is 45.4 Å². The number of benzene rings is 1. The van der Waals surface area contributed by atoms with Crippen molar-refractivity contribution in [3.63, 3.8) is 0 Å². The van der Waals surface area contributed by atoms with Crippen LogP contribution < -0.4 is 0 Å². The molecule has 1 aromatic carbocycles. The molecule has 0 aliphatic rings. The van der Waals surface area contributed by atoms with Gasteiger partial charge >= 0.3 is 0 Å². The van der Waals surface area contributed by atoms with Crippen molar-refractivity contribution in [3.8, 4) is 0 Å². The first kappa shape index (κ1) is 12.6. The number of hydrogen-bond donors (Lipinski definition) is 0. The summed E-state index contributed by atoms with van der Waals surface area (Å²) in [7, 11) is -4.08. The molecule has 0 bridgehead atoms. The Bertz CT molecular complexity index is 782. The molecule has 0 saturated carbocycles. The lowest BCUT2D eigenvalue weighted by atomic mass is 10.2. The Morgan fingerprint density at radius 3 is 2.83 bits per heavy atom. The zero-order valence-electron chi connectivity index (χ0n) is 9.20. The number of aromatic nitrogens is 1. The van der Waals surface area contributed by atoms with E-state index in [4.69, 9.17) is 17.1 Å². The summed E-state index contributed by atoms with van der Waals surface area (Å²) in [4.78, 5) is 6.18. The lowest BCUT2D eigenvalue weighted by molar-refractivity contribution is 0.598. The van der Waals surface area contributed by atoms with E-state index in [2.05, 4.69) is 14.4 Å². The van der Waals surface area contributed by atoms with E-state index in [1.54, 1.807) is 25.1 Å². The number of pyridine rings is 1. The molecule has 2 aromatic rings. The topological polar surface area (TPSA) is 95.8 Å². The monoisotopic (exact) mass is 282 g/mol. The number of sulfonamides is 1. The van der Waals surface area contributed by atoms with Crippen LogP contribution in [-0.4, -0.2) is 13.4 Å². The average molecular weight is 283 g/mol. The van der Waals surface area contributed by atoms with Gasteiger partial charge in [0.15, 0.2) is 0 Å². The SMILES string of the molecule is Cc1cc2cccc(S(=O)(=O)N=[N+]=[N-])c2nc1Cl. The maximum absolute atomic E-state index is 11.7. The van der Waals surface area contributed by atoms with E-state index in [0.29, 0.717) is 5.39 Å². The van der Waals surface area contributed by atoms with Crippen molar-refractivity contribution >= 4 is 32.5 Å². The minimum absolute atomic E-state index is 0.153. The van der Waals surface area contributed by atoms with Gasteiger partial charge in [-0.1, -0.05) is 23.7 Å². The highest BCUT2D eigenvalue weighted by Crippen LogP contribution is 2.26. The summed E-state index contributed by atoms with van der Waals surface area (Å²) < 4.78 is 26.3. The molecule has 0 unspecified atom stereocenters. The molecule has 18 heavy (non-hydrogen) atoms. The number of aryl methyl sites for hydroxylation is 1. The summed E-state index contributed by atoms with van der Waals surface area (Å²) in [6.45, 7) is 1.77. The van der Waals surface area contributed by atoms with Crippen LogP contribution in [0.25, 0.3) is 21.3 Å². The van der Waals surface area contributed by atoms with Crippen molar-refractivity contribution in [2.75, 3.05) is 0 Å². The van der Waals surface area contributed by atoms with Crippen molar-refractivity contribution in [2.24, 2.45) is 4.52 Å². The minimum atomic E-state index is -4.08. The van der Waals surface area contributed by atoms with Crippen molar-refractivity contribution in [2.45, 2.75) is 11.8 Å². The highest BCUT2D eigenvalue weighted by atomic mass is 35.5. The second kappa shape index (κ2) is 4.45. The van der Waals surface area contributed by atoms with Crippen molar-refractivity contribution < 1.29 is 8.42 Å². The van der Waals surface area contributed by atoms with Gasteiger partial charge in [0.05, 0.1) is 5.52 Å². The minimum Gasteiger partial charge on any atom is -0.234 e. The largest absolute Gasteiger partial charge is 0.266 e. The lowest BCUT2D eigenvalue weighted by Gasteiger charge is -2.05. The van der Waals surface area contributed by atoms with Gasteiger partial charge in [0.25, 0.3) is 10.0 Å². The second-order valence-electron chi connectivity index (χ2n) is 3.57. The first-order valence-electron chi connectivity index (χ1n) is 4.83. The third-order valence-electron chi connectivity index (χ3n) is 2.36. The Kier molecular flexibility index (Phi) is 3.13. The van der Waals surface area contributed by atoms with Crippen LogP contribution >= 0.6 is 11.6 Å². The van der Waals surface area contributed by atoms with E-state index >= 15 is 0 Å². The van der Waals surface area contributed by atoms with E-state index < -0.39 is 10.0 Å². The number of nitrogens with zero attached hydrogens (tertiary/aromatic N) is 4. The van der Waals surface area contributed by atoms with Crippen molar-refractivity contribution in [1.29, 1.82) is 0 Å². The van der Waals surface area contributed by atoms with Crippen molar-refractivity contribution in [1.82, 2.24) is 4.98 Å². The van der Waals surface area contributed by atoms with Crippen LogP contribution in [-0.2, 0) is 10.0 Å². The third-order valence-corrected chi connectivity index (χ3v) is 3.92. The van der Waals surface area contributed by atoms with Gasteiger partial charge in [0.2, 0.25) is 0 Å². The number of azide groups is 1. The Labute approximate surface area is 108 Å². The maximum Gasteiger partial charge on any atom is 0.266 e. The fourth-order valence-corrected chi connectivity index (χ4v) is 2.54. The van der Waals surface area contributed by atoms with E-state index in [1.807, 2.05) is 0 Å². The van der Waals surface area contributed by atoms with E-state index in [-0.39, 0.29) is 15.6 Å². The lowest BCUT2D eigenvalue weighted by Crippen LogP contribution is -1.98. The zero-order chi connectivity index (χ0) is 13.3. The van der Waals surface area contributed by atoms with Crippen LogP contribution in [0.3, 0.4) is 0 Å². The van der Waals surface area contributed by atoms with E-state index in [9.17, 15) is 8.42 Å². The highest BCUT2D eigenvalue weighted by molar-refractivity contribution is 7.90. The molecule has 92 valence electrons. The summed E-state index contributed by atoms with van der Waals surface area (Å²) in [6.07, 6.45) is 0. The standard InChI is InChI=1S/C10H7ClN4O2S/c1-6-5-7-3-2-4-8(9(7)13-10(6)11)18(16,17)15-14-12/h2-5H,1H3. The highest BCUT2D eigenvalue weighted by Gasteiger charge is 2.17. The molecular formula is C10H7ClN4O2S. The first-order valence-corrected chi connectivity index (χ1v) is 6.65. The third kappa shape index (κ3) is 2.11. The quantitative estimate of drug-likeness (QED) is 0.366. The summed E-state index contributed by atoms with van der Waals surface area (Å²) >= 11 is 5.88. The van der Waals surface area contributed by atoms with Gasteiger partial charge in [-0.25, -0.2) is 13.4 Å². The molecule has 0 radical (unpaired) electrons. The number of rotatable bonds is 2. The fourth-order valence-electron chi connectivity index (χ4n) is 1.55. The van der Waals surface area contributed by atoms with Gasteiger partial charge in [0, 0.05) is 14.8 Å². The normalized spacial score (nSPS) is 11.2. The molecule has 8 heteroatoms. The van der Waals surface area contributed by atoms with Crippen LogP contribution in [0, 0.1) is 6.92 Å². The first-order chi connectivity index (χ1) is 8.45. The molecule has 0 aliphatic carbocycles. The Morgan fingerprint density at radius 1 is 1.44 bits per heavy atom. The molecule has 6 nitrogen and oxygen atoms in total. The van der Waals surface area contributed by atoms with Crippen LogP contribution in [0.2, 0.25) is 5.15 Å². The van der Waals surface area contributed by atoms with Crippen LogP contribution in [0.1, 0.15) is 5.56 Å². The summed E-state index contributed by atoms with van der Waals surface area (Å²) in [6, 6.07) is 6.31. The van der Waals surface area contributed by atoms with Crippen LogP contribution in [0.4, 0.5) is 0 Å². The molecule has 2 rings (SSSR count). The van der Waals surface area contributed by atoms with Gasteiger partial charge < -0.3 is 0 Å². The Morgan fingerprint density at radius 2 is 2.17 bits per heavy atom. The number of hydrogen-bond acceptors (Lipinski definition) is 3. The molecule has 0 atom stereocenters. The molecule has 1 aromatic heterocycles. The average Bonchev–Trinajstić information content (AvgIpc) is 2.29. The van der Waals surface area contributed by atoms with E-state index in [0.717, 1.165) is 5.56 Å². The molecule has 0 spiro atoms. The second-order valence-corrected chi connectivity index (χ2v) is 5.48. The van der Waals surface area contributed by atoms with Gasteiger partial charge in [-0.2, -0.15) is 0 Å². The van der Waals surface area contributed by atoms with Crippen LogP contribution in [0.5, 0.6) is 0 Å². The van der Waals surface area contributed by atoms with E-state index in [1.165, 1.54) is 6.07 Å². The van der Waals surface area contributed by atoms with Gasteiger partial charge in [-0.15, -0.1) is 0 Å². The molecule has 0 aliphatic heterocycles. The van der Waals surface area contributed by atoms with Gasteiger partial charge in [-0.05, 0) is 30.2 Å². The zero-order valence-corrected chi connectivity index (χ0v) is 10.8. The maximum atomic E-state index is 11.7. The molecular weight excluding hydrogens is 276 g/mol. The summed E-state index contributed by atoms with van der Waals surface area (Å²) in [5.41, 5.74) is 9.20. The van der Waals surface area contributed by atoms with Crippen LogP contribution in [0.15, 0.2) is 33.7 Å². The predicted molar refractivity (Wildman–Crippen MR) is 67.8 cm³/mol. The summed E-state index contributed by atoms with van der Waals surface area (Å²) in [5, 5.41) is 0.831. The predicted octanol–water partition coefficient (Wildman–Crippen LogP) is 3.20. The number of halogens is 1. The Balaban J connectivity index is 2.89. The molecule has 0 saturated heterocycles. The molecule has 0 N–H and O–H groups in total. The molecule has 0 fully saturated rings.